The van der Waals surface area contributed by atoms with Gasteiger partial charge in [-0.25, -0.2) is 0 Å². The van der Waals surface area contributed by atoms with Gasteiger partial charge in [0.15, 0.2) is 0 Å². The number of aryl methyl sites for hydroxylation is 1. The molecule has 0 spiro atoms. The number of rotatable bonds is 3. The first-order valence-corrected chi connectivity index (χ1v) is 9.15. The van der Waals surface area contributed by atoms with Crippen LogP contribution in [0.15, 0.2) is 24.3 Å². The van der Waals surface area contributed by atoms with Crippen LogP contribution in [-0.4, -0.2) is 5.91 Å². The zero-order valence-electron chi connectivity index (χ0n) is 12.7. The van der Waals surface area contributed by atoms with Crippen LogP contribution in [0.4, 0.5) is 5.00 Å². The number of carbonyl (C=O) groups excluding carboxylic acids is 1. The molecule has 3 rings (SSSR count). The maximum atomic E-state index is 12.2. The molecule has 2 aromatic rings. The number of thiophene rings is 1. The van der Waals surface area contributed by atoms with Gasteiger partial charge in [-0.1, -0.05) is 29.3 Å². The van der Waals surface area contributed by atoms with E-state index in [2.05, 4.69) is 11.4 Å². The fourth-order valence-corrected chi connectivity index (χ4v) is 4.52. The molecule has 1 amide bonds. The number of hydrogen-bond acceptors (Lipinski definition) is 3. The van der Waals surface area contributed by atoms with Gasteiger partial charge < -0.3 is 5.32 Å². The molecule has 1 heterocycles. The number of fused-ring (bicyclic) bond motifs is 1. The van der Waals surface area contributed by atoms with E-state index in [4.69, 9.17) is 23.2 Å². The highest BCUT2D eigenvalue weighted by atomic mass is 35.5. The van der Waals surface area contributed by atoms with E-state index in [1.54, 1.807) is 24.3 Å². The molecule has 1 aromatic heterocycles. The highest BCUT2D eigenvalue weighted by molar-refractivity contribution is 7.16. The molecule has 1 N–H and O–H groups in total. The predicted molar refractivity (Wildman–Crippen MR) is 99.8 cm³/mol. The molecule has 0 fully saturated rings. The highest BCUT2D eigenvalue weighted by Crippen LogP contribution is 2.37. The van der Waals surface area contributed by atoms with Gasteiger partial charge in [0.1, 0.15) is 11.1 Å². The van der Waals surface area contributed by atoms with E-state index in [0.717, 1.165) is 31.2 Å². The first-order chi connectivity index (χ1) is 11.6. The van der Waals surface area contributed by atoms with Crippen LogP contribution in [-0.2, 0) is 17.6 Å². The maximum Gasteiger partial charge on any atom is 0.249 e. The molecule has 0 saturated carbocycles. The van der Waals surface area contributed by atoms with Crippen LogP contribution in [0.1, 0.15) is 34.4 Å². The van der Waals surface area contributed by atoms with Gasteiger partial charge in [0.2, 0.25) is 5.91 Å². The Hall–Kier alpha value is -1.80. The number of nitrogens with one attached hydrogen (secondary N) is 1. The van der Waals surface area contributed by atoms with E-state index in [9.17, 15) is 10.1 Å². The van der Waals surface area contributed by atoms with Crippen molar-refractivity contribution < 1.29 is 4.79 Å². The van der Waals surface area contributed by atoms with E-state index in [-0.39, 0.29) is 5.91 Å². The molecule has 0 radical (unpaired) electrons. The molecular formula is C18H14Cl2N2OS. The van der Waals surface area contributed by atoms with E-state index in [1.807, 2.05) is 0 Å². The number of hydrogen-bond donors (Lipinski definition) is 1. The van der Waals surface area contributed by atoms with E-state index >= 15 is 0 Å². The second kappa shape index (κ2) is 7.40. The first kappa shape index (κ1) is 17.0. The third-order valence-corrected chi connectivity index (χ3v) is 5.79. The Balaban J connectivity index is 1.80. The topological polar surface area (TPSA) is 52.9 Å². The molecule has 1 aliphatic rings. The average molecular weight is 377 g/mol. The van der Waals surface area contributed by atoms with Crippen LogP contribution in [0.5, 0.6) is 0 Å². The van der Waals surface area contributed by atoms with Gasteiger partial charge in [-0.15, -0.1) is 11.3 Å². The van der Waals surface area contributed by atoms with Crippen LogP contribution >= 0.6 is 34.5 Å². The highest BCUT2D eigenvalue weighted by Gasteiger charge is 2.21. The molecule has 0 atom stereocenters. The second-order valence-electron chi connectivity index (χ2n) is 5.48. The number of nitriles is 1. The summed E-state index contributed by atoms with van der Waals surface area (Å²) in [6.45, 7) is 0. The standard InChI is InChI=1S/C18H14Cl2N2OS/c19-14-5-3-6-15(20)12(14)8-9-17(23)22-18-13(10-21)11-4-1-2-7-16(11)24-18/h3,5-6,8-9H,1-2,4,7H2,(H,22,23). The lowest BCUT2D eigenvalue weighted by atomic mass is 9.96. The molecule has 0 bridgehead atoms. The Bertz CT molecular complexity index is 844. The van der Waals surface area contributed by atoms with Crippen LogP contribution in [0.3, 0.4) is 0 Å². The zero-order chi connectivity index (χ0) is 17.1. The monoisotopic (exact) mass is 376 g/mol. The predicted octanol–water partition coefficient (Wildman–Crippen LogP) is 5.46. The van der Waals surface area contributed by atoms with Crippen molar-refractivity contribution in [1.29, 1.82) is 5.26 Å². The van der Waals surface area contributed by atoms with Gasteiger partial charge >= 0.3 is 0 Å². The smallest absolute Gasteiger partial charge is 0.249 e. The molecule has 122 valence electrons. The summed E-state index contributed by atoms with van der Waals surface area (Å²) in [6, 6.07) is 7.41. The average Bonchev–Trinajstić information content (AvgIpc) is 2.91. The minimum Gasteiger partial charge on any atom is -0.313 e. The van der Waals surface area contributed by atoms with Gasteiger partial charge in [0.05, 0.1) is 5.56 Å². The van der Waals surface area contributed by atoms with Gasteiger partial charge in [0, 0.05) is 26.6 Å². The lowest BCUT2D eigenvalue weighted by Crippen LogP contribution is -2.08. The minimum absolute atomic E-state index is 0.305. The van der Waals surface area contributed by atoms with Crippen molar-refractivity contribution in [3.63, 3.8) is 0 Å². The summed E-state index contributed by atoms with van der Waals surface area (Å²) in [5.74, 6) is -0.305. The Morgan fingerprint density at radius 1 is 1.25 bits per heavy atom. The molecular weight excluding hydrogens is 363 g/mol. The summed E-state index contributed by atoms with van der Waals surface area (Å²) >= 11 is 13.7. The van der Waals surface area contributed by atoms with Crippen molar-refractivity contribution in [1.82, 2.24) is 0 Å². The lowest BCUT2D eigenvalue weighted by Gasteiger charge is -2.09. The quantitative estimate of drug-likeness (QED) is 0.723. The minimum atomic E-state index is -0.305. The lowest BCUT2D eigenvalue weighted by molar-refractivity contribution is -0.111. The third kappa shape index (κ3) is 3.49. The van der Waals surface area contributed by atoms with Crippen LogP contribution < -0.4 is 5.32 Å². The number of anilines is 1. The summed E-state index contributed by atoms with van der Waals surface area (Å²) in [7, 11) is 0. The molecule has 0 saturated heterocycles. The first-order valence-electron chi connectivity index (χ1n) is 7.58. The third-order valence-electron chi connectivity index (χ3n) is 3.92. The van der Waals surface area contributed by atoms with Crippen molar-refractivity contribution in [2.75, 3.05) is 5.32 Å². The molecule has 3 nitrogen and oxygen atoms in total. The molecule has 6 heteroatoms. The Kier molecular flexibility index (Phi) is 5.25. The van der Waals surface area contributed by atoms with Crippen molar-refractivity contribution >= 4 is 51.5 Å². The SMILES string of the molecule is N#Cc1c(NC(=O)C=Cc2c(Cl)cccc2Cl)sc2c1CCCC2. The number of halogens is 2. The van der Waals surface area contributed by atoms with E-state index in [1.165, 1.54) is 22.3 Å². The Morgan fingerprint density at radius 2 is 1.96 bits per heavy atom. The van der Waals surface area contributed by atoms with Gasteiger partial charge in [-0.2, -0.15) is 5.26 Å². The summed E-state index contributed by atoms with van der Waals surface area (Å²) < 4.78 is 0. The molecule has 0 unspecified atom stereocenters. The largest absolute Gasteiger partial charge is 0.313 e. The number of nitrogens with zero attached hydrogens (tertiary/aromatic N) is 1. The van der Waals surface area contributed by atoms with Crippen LogP contribution in [0.25, 0.3) is 6.08 Å². The van der Waals surface area contributed by atoms with E-state index < -0.39 is 0 Å². The summed E-state index contributed by atoms with van der Waals surface area (Å²) in [6.07, 6.45) is 7.09. The van der Waals surface area contributed by atoms with Crippen molar-refractivity contribution in [3.05, 3.63) is 55.9 Å². The molecule has 24 heavy (non-hydrogen) atoms. The summed E-state index contributed by atoms with van der Waals surface area (Å²) in [4.78, 5) is 13.4. The number of carbonyl (C=O) groups is 1. The second-order valence-corrected chi connectivity index (χ2v) is 7.40. The van der Waals surface area contributed by atoms with Gasteiger partial charge in [-0.3, -0.25) is 4.79 Å². The van der Waals surface area contributed by atoms with Crippen molar-refractivity contribution in [2.45, 2.75) is 25.7 Å². The fourth-order valence-electron chi connectivity index (χ4n) is 2.75. The van der Waals surface area contributed by atoms with Gasteiger partial charge in [0.25, 0.3) is 0 Å². The molecule has 1 aromatic carbocycles. The van der Waals surface area contributed by atoms with E-state index in [0.29, 0.717) is 26.2 Å². The maximum absolute atomic E-state index is 12.2. The number of amides is 1. The van der Waals surface area contributed by atoms with Crippen LogP contribution in [0, 0.1) is 11.3 Å². The summed E-state index contributed by atoms with van der Waals surface area (Å²) in [5, 5.41) is 13.8. The molecule has 1 aliphatic carbocycles. The van der Waals surface area contributed by atoms with Crippen molar-refractivity contribution in [2.24, 2.45) is 0 Å². The zero-order valence-corrected chi connectivity index (χ0v) is 15.1. The number of benzene rings is 1. The Labute approximate surface area is 154 Å². The Morgan fingerprint density at radius 3 is 2.67 bits per heavy atom. The summed E-state index contributed by atoms with van der Waals surface area (Å²) in [5.41, 5.74) is 2.30. The van der Waals surface area contributed by atoms with Crippen LogP contribution in [0.2, 0.25) is 10.0 Å². The fraction of sp³-hybridized carbons (Fsp3) is 0.222. The van der Waals surface area contributed by atoms with Crippen molar-refractivity contribution in [3.8, 4) is 6.07 Å². The normalized spacial score (nSPS) is 13.5. The van der Waals surface area contributed by atoms with Gasteiger partial charge in [-0.05, 0) is 49.5 Å². The molecule has 0 aliphatic heterocycles.